The fourth-order valence-electron chi connectivity index (χ4n) is 2.47. The van der Waals surface area contributed by atoms with Gasteiger partial charge in [-0.1, -0.05) is 36.5 Å². The predicted octanol–water partition coefficient (Wildman–Crippen LogP) is 1.65. The zero-order valence-electron chi connectivity index (χ0n) is 13.1. The van der Waals surface area contributed by atoms with Crippen LogP contribution in [0.1, 0.15) is 34.3 Å². The standard InChI is InChI=1S/C16H16N4O3S/c1-2-13-18-19-16(24-13)17-12(21)7-8-20-14(22)9-10-5-3-4-6-11(10)15(20)23/h3-6H,2,7-9H2,1H3,(H,17,19,21). The summed E-state index contributed by atoms with van der Waals surface area (Å²) < 4.78 is 0. The smallest absolute Gasteiger partial charge is 0.260 e. The van der Waals surface area contributed by atoms with Gasteiger partial charge in [0.15, 0.2) is 0 Å². The van der Waals surface area contributed by atoms with Gasteiger partial charge in [0.25, 0.3) is 5.91 Å². The van der Waals surface area contributed by atoms with E-state index in [0.29, 0.717) is 10.7 Å². The first kappa shape index (κ1) is 16.3. The number of hydrogen-bond acceptors (Lipinski definition) is 6. The van der Waals surface area contributed by atoms with Gasteiger partial charge in [0.2, 0.25) is 16.9 Å². The van der Waals surface area contributed by atoms with E-state index in [1.807, 2.05) is 6.92 Å². The van der Waals surface area contributed by atoms with E-state index < -0.39 is 0 Å². The normalized spacial score (nSPS) is 13.8. The van der Waals surface area contributed by atoms with E-state index >= 15 is 0 Å². The van der Waals surface area contributed by atoms with E-state index in [4.69, 9.17) is 0 Å². The molecule has 0 aliphatic carbocycles. The Morgan fingerprint density at radius 3 is 2.83 bits per heavy atom. The number of fused-ring (bicyclic) bond motifs is 1. The molecule has 0 radical (unpaired) electrons. The zero-order valence-corrected chi connectivity index (χ0v) is 13.9. The van der Waals surface area contributed by atoms with Gasteiger partial charge < -0.3 is 5.32 Å². The van der Waals surface area contributed by atoms with Crippen LogP contribution < -0.4 is 5.32 Å². The van der Waals surface area contributed by atoms with E-state index in [2.05, 4.69) is 15.5 Å². The van der Waals surface area contributed by atoms with Gasteiger partial charge in [-0.3, -0.25) is 19.3 Å². The minimum absolute atomic E-state index is 0.0285. The SMILES string of the molecule is CCc1nnc(NC(=O)CCN2C(=O)Cc3ccccc3C2=O)s1. The van der Waals surface area contributed by atoms with Crippen LogP contribution in [0, 0.1) is 0 Å². The molecule has 8 heteroatoms. The molecule has 0 spiro atoms. The lowest BCUT2D eigenvalue weighted by Crippen LogP contribution is -2.43. The van der Waals surface area contributed by atoms with E-state index in [1.165, 1.54) is 11.3 Å². The molecule has 0 bridgehead atoms. The number of imide groups is 1. The summed E-state index contributed by atoms with van der Waals surface area (Å²) in [5.74, 6) is -0.928. The molecule has 0 fully saturated rings. The summed E-state index contributed by atoms with van der Waals surface area (Å²) in [6, 6.07) is 7.04. The highest BCUT2D eigenvalue weighted by Gasteiger charge is 2.30. The number of nitrogens with zero attached hydrogens (tertiary/aromatic N) is 3. The highest BCUT2D eigenvalue weighted by atomic mass is 32.1. The van der Waals surface area contributed by atoms with Crippen LogP contribution in [0.4, 0.5) is 5.13 Å². The third kappa shape index (κ3) is 3.33. The highest BCUT2D eigenvalue weighted by Crippen LogP contribution is 2.20. The summed E-state index contributed by atoms with van der Waals surface area (Å²) in [4.78, 5) is 37.7. The van der Waals surface area contributed by atoms with Crippen molar-refractivity contribution in [1.82, 2.24) is 15.1 Å². The zero-order chi connectivity index (χ0) is 17.1. The lowest BCUT2D eigenvalue weighted by Gasteiger charge is -2.26. The number of aryl methyl sites for hydroxylation is 1. The minimum atomic E-state index is -0.348. The molecular formula is C16H16N4O3S. The monoisotopic (exact) mass is 344 g/mol. The number of aromatic nitrogens is 2. The maximum absolute atomic E-state index is 12.4. The first-order valence-electron chi connectivity index (χ1n) is 7.63. The van der Waals surface area contributed by atoms with E-state index in [1.54, 1.807) is 24.3 Å². The number of hydrogen-bond donors (Lipinski definition) is 1. The summed E-state index contributed by atoms with van der Waals surface area (Å²) in [7, 11) is 0. The number of amides is 3. The van der Waals surface area contributed by atoms with Crippen molar-refractivity contribution in [2.24, 2.45) is 0 Å². The van der Waals surface area contributed by atoms with Crippen molar-refractivity contribution in [1.29, 1.82) is 0 Å². The van der Waals surface area contributed by atoms with E-state index in [0.717, 1.165) is 21.9 Å². The van der Waals surface area contributed by atoms with Crippen molar-refractivity contribution in [2.45, 2.75) is 26.2 Å². The summed E-state index contributed by atoms with van der Waals surface area (Å²) in [6.45, 7) is 2.01. The molecule has 0 saturated carbocycles. The van der Waals surface area contributed by atoms with Gasteiger partial charge in [-0.25, -0.2) is 0 Å². The van der Waals surface area contributed by atoms with Gasteiger partial charge in [0.05, 0.1) is 6.42 Å². The average molecular weight is 344 g/mol. The molecule has 3 amide bonds. The van der Waals surface area contributed by atoms with Gasteiger partial charge in [-0.05, 0) is 18.1 Å². The van der Waals surface area contributed by atoms with Gasteiger partial charge in [-0.2, -0.15) is 0 Å². The number of carbonyl (C=O) groups is 3. The Morgan fingerprint density at radius 1 is 1.29 bits per heavy atom. The molecule has 2 heterocycles. The van der Waals surface area contributed by atoms with Crippen LogP contribution in [-0.2, 0) is 22.4 Å². The molecule has 0 atom stereocenters. The summed E-state index contributed by atoms with van der Waals surface area (Å²) in [5, 5.41) is 11.7. The molecule has 1 aliphatic rings. The first-order chi connectivity index (χ1) is 11.6. The average Bonchev–Trinajstić information content (AvgIpc) is 3.02. The van der Waals surface area contributed by atoms with E-state index in [9.17, 15) is 14.4 Å². The minimum Gasteiger partial charge on any atom is -0.300 e. The third-order valence-electron chi connectivity index (χ3n) is 3.71. The van der Waals surface area contributed by atoms with Gasteiger partial charge in [-0.15, -0.1) is 10.2 Å². The van der Waals surface area contributed by atoms with Crippen LogP contribution in [0.15, 0.2) is 24.3 Å². The van der Waals surface area contributed by atoms with Crippen LogP contribution in [0.3, 0.4) is 0 Å². The number of rotatable bonds is 5. The molecule has 1 aromatic heterocycles. The van der Waals surface area contributed by atoms with E-state index in [-0.39, 0.29) is 37.1 Å². The van der Waals surface area contributed by atoms with Crippen molar-refractivity contribution in [3.63, 3.8) is 0 Å². The number of carbonyl (C=O) groups excluding carboxylic acids is 3. The fraction of sp³-hybridized carbons (Fsp3) is 0.312. The maximum atomic E-state index is 12.4. The van der Waals surface area contributed by atoms with Crippen molar-refractivity contribution in [3.8, 4) is 0 Å². The Morgan fingerprint density at radius 2 is 2.08 bits per heavy atom. The molecule has 7 nitrogen and oxygen atoms in total. The van der Waals surface area contributed by atoms with Gasteiger partial charge in [0.1, 0.15) is 5.01 Å². The molecule has 0 saturated heterocycles. The van der Waals surface area contributed by atoms with Crippen LogP contribution in [-0.4, -0.2) is 39.4 Å². The maximum Gasteiger partial charge on any atom is 0.260 e. The Bertz CT molecular complexity index is 802. The Hall–Kier alpha value is -2.61. The van der Waals surface area contributed by atoms with Crippen LogP contribution in [0.25, 0.3) is 0 Å². The summed E-state index contributed by atoms with van der Waals surface area (Å²) in [5.41, 5.74) is 1.25. The lowest BCUT2D eigenvalue weighted by atomic mass is 9.98. The Kier molecular flexibility index (Phi) is 4.66. The quantitative estimate of drug-likeness (QED) is 0.833. The van der Waals surface area contributed by atoms with Crippen LogP contribution in [0.5, 0.6) is 0 Å². The second-order valence-corrected chi connectivity index (χ2v) is 6.40. The third-order valence-corrected chi connectivity index (χ3v) is 4.70. The number of anilines is 1. The van der Waals surface area contributed by atoms with Gasteiger partial charge in [0, 0.05) is 18.5 Å². The Labute approximate surface area is 142 Å². The molecule has 1 N–H and O–H groups in total. The molecular weight excluding hydrogens is 328 g/mol. The fourth-order valence-corrected chi connectivity index (χ4v) is 3.16. The first-order valence-corrected chi connectivity index (χ1v) is 8.45. The number of nitrogens with one attached hydrogen (secondary N) is 1. The highest BCUT2D eigenvalue weighted by molar-refractivity contribution is 7.15. The summed E-state index contributed by atoms with van der Waals surface area (Å²) in [6.07, 6.45) is 0.963. The lowest BCUT2D eigenvalue weighted by molar-refractivity contribution is -0.128. The summed E-state index contributed by atoms with van der Waals surface area (Å²) >= 11 is 1.31. The van der Waals surface area contributed by atoms with Crippen molar-refractivity contribution < 1.29 is 14.4 Å². The molecule has 3 rings (SSSR count). The molecule has 124 valence electrons. The topological polar surface area (TPSA) is 92.3 Å². The van der Waals surface area contributed by atoms with Crippen molar-refractivity contribution in [3.05, 3.63) is 40.4 Å². The molecule has 1 aromatic carbocycles. The van der Waals surface area contributed by atoms with Crippen molar-refractivity contribution in [2.75, 3.05) is 11.9 Å². The van der Waals surface area contributed by atoms with Crippen LogP contribution >= 0.6 is 11.3 Å². The van der Waals surface area contributed by atoms with Crippen LogP contribution in [0.2, 0.25) is 0 Å². The molecule has 1 aliphatic heterocycles. The second-order valence-electron chi connectivity index (χ2n) is 5.34. The molecule has 24 heavy (non-hydrogen) atoms. The predicted molar refractivity (Wildman–Crippen MR) is 88.7 cm³/mol. The largest absolute Gasteiger partial charge is 0.300 e. The second kappa shape index (κ2) is 6.88. The number of benzene rings is 1. The van der Waals surface area contributed by atoms with Gasteiger partial charge >= 0.3 is 0 Å². The van der Waals surface area contributed by atoms with Crippen molar-refractivity contribution >= 4 is 34.2 Å². The molecule has 2 aromatic rings. The molecule has 0 unspecified atom stereocenters. The Balaban J connectivity index is 1.61.